The summed E-state index contributed by atoms with van der Waals surface area (Å²) in [6.45, 7) is 2.52. The van der Waals surface area contributed by atoms with Crippen molar-refractivity contribution in [1.29, 1.82) is 0 Å². The molecule has 8 heteroatoms. The number of aliphatic hydroxyl groups excluding tert-OH is 2. The van der Waals surface area contributed by atoms with Gasteiger partial charge in [-0.3, -0.25) is 4.79 Å². The zero-order valence-corrected chi connectivity index (χ0v) is 16.9. The first-order chi connectivity index (χ1) is 13.3. The van der Waals surface area contributed by atoms with Crippen LogP contribution in [0, 0.1) is 19.7 Å². The lowest BCUT2D eigenvalue weighted by atomic mass is 9.98. The average molecular weight is 452 g/mol. The second-order valence-electron chi connectivity index (χ2n) is 6.62. The van der Waals surface area contributed by atoms with Crippen LogP contribution in [-0.2, 0) is 13.0 Å². The zero-order chi connectivity index (χ0) is 20.6. The lowest BCUT2D eigenvalue weighted by Crippen LogP contribution is -2.31. The van der Waals surface area contributed by atoms with E-state index in [9.17, 15) is 19.1 Å². The van der Waals surface area contributed by atoms with Crippen LogP contribution in [-0.4, -0.2) is 27.5 Å². The third-order valence-corrected chi connectivity index (χ3v) is 5.73. The van der Waals surface area contributed by atoms with E-state index in [1.807, 2.05) is 0 Å². The highest BCUT2D eigenvalue weighted by Gasteiger charge is 2.22. The number of pyridine rings is 1. The molecule has 148 valence electrons. The molecule has 2 N–H and O–H groups in total. The minimum absolute atomic E-state index is 0.0356. The van der Waals surface area contributed by atoms with Crippen molar-refractivity contribution < 1.29 is 19.0 Å². The normalized spacial score (nSPS) is 12.5. The van der Waals surface area contributed by atoms with Gasteiger partial charge in [-0.05, 0) is 47.0 Å². The van der Waals surface area contributed by atoms with E-state index >= 15 is 0 Å². The summed E-state index contributed by atoms with van der Waals surface area (Å²) in [4.78, 5) is 25.6. The summed E-state index contributed by atoms with van der Waals surface area (Å²) < 4.78 is 21.2. The predicted octanol–water partition coefficient (Wildman–Crippen LogP) is 2.42. The van der Waals surface area contributed by atoms with Gasteiger partial charge in [-0.15, -0.1) is 0 Å². The molecule has 0 aliphatic rings. The number of aliphatic hydroxyl groups is 2. The second kappa shape index (κ2) is 7.98. The monoisotopic (exact) mass is 451 g/mol. The molecule has 0 aliphatic heterocycles. The maximum Gasteiger partial charge on any atom is 0.339 e. The summed E-state index contributed by atoms with van der Waals surface area (Å²) >= 11 is 3.36. The first kappa shape index (κ1) is 20.4. The average Bonchev–Trinajstić information content (AvgIpc) is 2.68. The minimum Gasteiger partial charge on any atom is -0.421 e. The van der Waals surface area contributed by atoms with Crippen LogP contribution in [0.4, 0.5) is 4.39 Å². The Morgan fingerprint density at radius 1 is 1.25 bits per heavy atom. The smallest absolute Gasteiger partial charge is 0.339 e. The standard InChI is InChI=1S/C20H19BrFNO5/c1-10-14(7-12-5-3-4-6-15(12)22)16-18(28-20(10)27)17(21)11(2)23(19(16)26)8-13(25)9-24/h3-6,13,24-25H,7-9H2,1-2H3. The molecule has 0 fully saturated rings. The Kier molecular flexibility index (Phi) is 5.83. The van der Waals surface area contributed by atoms with Gasteiger partial charge in [0.1, 0.15) is 5.82 Å². The van der Waals surface area contributed by atoms with Crippen molar-refractivity contribution >= 4 is 26.9 Å². The fourth-order valence-corrected chi connectivity index (χ4v) is 3.65. The fourth-order valence-electron chi connectivity index (χ4n) is 3.16. The molecule has 28 heavy (non-hydrogen) atoms. The molecule has 0 spiro atoms. The van der Waals surface area contributed by atoms with Gasteiger partial charge in [0.25, 0.3) is 5.56 Å². The highest BCUT2D eigenvalue weighted by atomic mass is 79.9. The van der Waals surface area contributed by atoms with Crippen molar-refractivity contribution in [3.8, 4) is 0 Å². The molecule has 1 unspecified atom stereocenters. The maximum atomic E-state index is 14.2. The van der Waals surface area contributed by atoms with Crippen LogP contribution in [0.2, 0.25) is 0 Å². The SMILES string of the molecule is Cc1c(Cc2ccccc2F)c2c(=O)n(CC(O)CO)c(C)c(Br)c2oc1=O. The topological polar surface area (TPSA) is 92.7 Å². The van der Waals surface area contributed by atoms with Crippen molar-refractivity contribution in [2.75, 3.05) is 6.61 Å². The number of halogens is 2. The summed E-state index contributed by atoms with van der Waals surface area (Å²) in [7, 11) is 0. The lowest BCUT2D eigenvalue weighted by Gasteiger charge is -2.18. The second-order valence-corrected chi connectivity index (χ2v) is 7.41. The number of rotatable bonds is 5. The Hall–Kier alpha value is -2.29. The largest absolute Gasteiger partial charge is 0.421 e. The van der Waals surface area contributed by atoms with Gasteiger partial charge >= 0.3 is 5.63 Å². The fraction of sp³-hybridized carbons (Fsp3) is 0.300. The third-order valence-electron chi connectivity index (χ3n) is 4.79. The summed E-state index contributed by atoms with van der Waals surface area (Å²) in [6.07, 6.45) is -1.10. The van der Waals surface area contributed by atoms with E-state index in [0.717, 1.165) is 0 Å². The van der Waals surface area contributed by atoms with Crippen molar-refractivity contribution in [1.82, 2.24) is 4.57 Å². The van der Waals surface area contributed by atoms with Gasteiger partial charge in [0.2, 0.25) is 0 Å². The molecule has 0 amide bonds. The van der Waals surface area contributed by atoms with E-state index in [0.29, 0.717) is 21.3 Å². The lowest BCUT2D eigenvalue weighted by molar-refractivity contribution is 0.0799. The van der Waals surface area contributed by atoms with Crippen LogP contribution < -0.4 is 11.2 Å². The third kappa shape index (κ3) is 3.55. The first-order valence-electron chi connectivity index (χ1n) is 8.63. The minimum atomic E-state index is -1.13. The summed E-state index contributed by atoms with van der Waals surface area (Å²) in [5, 5.41) is 19.1. The van der Waals surface area contributed by atoms with Crippen molar-refractivity contribution in [3.63, 3.8) is 0 Å². The van der Waals surface area contributed by atoms with Crippen LogP contribution in [0.25, 0.3) is 11.0 Å². The van der Waals surface area contributed by atoms with Crippen LogP contribution in [0.3, 0.4) is 0 Å². The van der Waals surface area contributed by atoms with Crippen LogP contribution in [0.15, 0.2) is 42.7 Å². The maximum absolute atomic E-state index is 14.2. The molecule has 1 atom stereocenters. The van der Waals surface area contributed by atoms with E-state index < -0.39 is 29.7 Å². The van der Waals surface area contributed by atoms with Gasteiger partial charge in [-0.25, -0.2) is 9.18 Å². The van der Waals surface area contributed by atoms with Crippen LogP contribution in [0.1, 0.15) is 22.4 Å². The van der Waals surface area contributed by atoms with Gasteiger partial charge in [-0.1, -0.05) is 18.2 Å². The molecule has 2 aromatic heterocycles. The van der Waals surface area contributed by atoms with Crippen LogP contribution >= 0.6 is 15.9 Å². The van der Waals surface area contributed by atoms with E-state index in [-0.39, 0.29) is 29.5 Å². The number of hydrogen-bond donors (Lipinski definition) is 2. The molecular weight excluding hydrogens is 433 g/mol. The Morgan fingerprint density at radius 2 is 1.93 bits per heavy atom. The Bertz CT molecular complexity index is 1170. The van der Waals surface area contributed by atoms with Crippen molar-refractivity contribution in [2.24, 2.45) is 0 Å². The number of hydrogen-bond acceptors (Lipinski definition) is 5. The number of aromatic nitrogens is 1. The van der Waals surface area contributed by atoms with E-state index in [2.05, 4.69) is 15.9 Å². The van der Waals surface area contributed by atoms with Crippen LogP contribution in [0.5, 0.6) is 0 Å². The predicted molar refractivity (Wildman–Crippen MR) is 106 cm³/mol. The molecule has 0 saturated carbocycles. The summed E-state index contributed by atoms with van der Waals surface area (Å²) in [6, 6.07) is 6.14. The number of nitrogens with zero attached hydrogens (tertiary/aromatic N) is 1. The van der Waals surface area contributed by atoms with Gasteiger partial charge in [0.05, 0.1) is 29.1 Å². The van der Waals surface area contributed by atoms with Crippen molar-refractivity contribution in [2.45, 2.75) is 32.9 Å². The van der Waals surface area contributed by atoms with Gasteiger partial charge in [0.15, 0.2) is 5.58 Å². The molecule has 2 heterocycles. The zero-order valence-electron chi connectivity index (χ0n) is 15.3. The molecule has 0 saturated heterocycles. The number of fused-ring (bicyclic) bond motifs is 1. The Morgan fingerprint density at radius 3 is 2.57 bits per heavy atom. The van der Waals surface area contributed by atoms with Crippen molar-refractivity contribution in [3.05, 3.63) is 77.7 Å². The highest BCUT2D eigenvalue weighted by molar-refractivity contribution is 9.10. The summed E-state index contributed by atoms with van der Waals surface area (Å²) in [5.41, 5.74) is 0.364. The van der Waals surface area contributed by atoms with Gasteiger partial charge < -0.3 is 19.2 Å². The molecule has 0 aliphatic carbocycles. The molecular formula is C20H19BrFNO5. The van der Waals surface area contributed by atoms with E-state index in [1.54, 1.807) is 25.1 Å². The molecule has 0 bridgehead atoms. The van der Waals surface area contributed by atoms with Gasteiger partial charge in [-0.2, -0.15) is 0 Å². The molecule has 1 aromatic carbocycles. The number of benzene rings is 1. The quantitative estimate of drug-likeness (QED) is 0.621. The molecule has 6 nitrogen and oxygen atoms in total. The van der Waals surface area contributed by atoms with E-state index in [1.165, 1.54) is 17.6 Å². The Balaban J connectivity index is 2.37. The molecule has 0 radical (unpaired) electrons. The molecule has 3 rings (SSSR count). The highest BCUT2D eigenvalue weighted by Crippen LogP contribution is 2.29. The first-order valence-corrected chi connectivity index (χ1v) is 9.43. The summed E-state index contributed by atoms with van der Waals surface area (Å²) in [5.74, 6) is -0.439. The van der Waals surface area contributed by atoms with E-state index in [4.69, 9.17) is 9.52 Å². The van der Waals surface area contributed by atoms with Gasteiger partial charge in [0, 0.05) is 17.7 Å². The Labute approximate surface area is 168 Å². The molecule has 3 aromatic rings.